The van der Waals surface area contributed by atoms with Crippen molar-refractivity contribution in [1.82, 2.24) is 9.88 Å². The lowest BCUT2D eigenvalue weighted by Gasteiger charge is -2.11. The van der Waals surface area contributed by atoms with Crippen LogP contribution >= 0.6 is 11.3 Å². The highest BCUT2D eigenvalue weighted by atomic mass is 32.1. The van der Waals surface area contributed by atoms with Gasteiger partial charge < -0.3 is 10.0 Å². The van der Waals surface area contributed by atoms with E-state index in [1.165, 1.54) is 4.90 Å². The maximum absolute atomic E-state index is 10.7. The van der Waals surface area contributed by atoms with Crippen molar-refractivity contribution in [3.05, 3.63) is 16.6 Å². The first-order chi connectivity index (χ1) is 6.75. The molecule has 0 aromatic carbocycles. The fourth-order valence-corrected chi connectivity index (χ4v) is 2.38. The number of carboxylic acid groups (broad SMARTS) is 1. The van der Waals surface area contributed by atoms with Crippen molar-refractivity contribution in [3.63, 3.8) is 0 Å². The number of rotatable bonds is 2. The van der Waals surface area contributed by atoms with E-state index in [2.05, 4.69) is 4.98 Å². The molecule has 1 fully saturated rings. The fourth-order valence-electron chi connectivity index (χ4n) is 1.81. The third-order valence-corrected chi connectivity index (χ3v) is 3.17. The molecule has 1 amide bonds. The van der Waals surface area contributed by atoms with Gasteiger partial charge in [-0.2, -0.15) is 0 Å². The number of hydrogen-bond donors (Lipinski definition) is 1. The fraction of sp³-hybridized carbons (Fsp3) is 0.556. The van der Waals surface area contributed by atoms with Crippen molar-refractivity contribution in [3.8, 4) is 0 Å². The van der Waals surface area contributed by atoms with Gasteiger partial charge in [0.15, 0.2) is 0 Å². The summed E-state index contributed by atoms with van der Waals surface area (Å²) < 4.78 is 0. The van der Waals surface area contributed by atoms with E-state index < -0.39 is 6.09 Å². The van der Waals surface area contributed by atoms with Crippen LogP contribution in [-0.4, -0.2) is 34.2 Å². The summed E-state index contributed by atoms with van der Waals surface area (Å²) in [5, 5.41) is 10.8. The van der Waals surface area contributed by atoms with Gasteiger partial charge in [0.25, 0.3) is 0 Å². The lowest BCUT2D eigenvalue weighted by molar-refractivity contribution is 0.154. The van der Waals surface area contributed by atoms with Gasteiger partial charge in [-0.1, -0.05) is 0 Å². The Labute approximate surface area is 86.2 Å². The Kier molecular flexibility index (Phi) is 2.67. The molecule has 0 saturated carbocycles. The van der Waals surface area contributed by atoms with Crippen molar-refractivity contribution in [2.75, 3.05) is 13.1 Å². The maximum Gasteiger partial charge on any atom is 0.407 e. The molecule has 0 spiro atoms. The molecule has 1 aliphatic heterocycles. The lowest BCUT2D eigenvalue weighted by Crippen LogP contribution is -2.26. The summed E-state index contributed by atoms with van der Waals surface area (Å²) in [6.45, 7) is 1.33. The zero-order valence-corrected chi connectivity index (χ0v) is 8.54. The van der Waals surface area contributed by atoms with Crippen molar-refractivity contribution >= 4 is 17.4 Å². The molecule has 1 N–H and O–H groups in total. The number of hydrogen-bond acceptors (Lipinski definition) is 3. The third kappa shape index (κ3) is 2.04. The molecule has 0 radical (unpaired) electrons. The van der Waals surface area contributed by atoms with E-state index in [1.54, 1.807) is 11.3 Å². The van der Waals surface area contributed by atoms with Crippen LogP contribution in [0.4, 0.5) is 4.79 Å². The van der Waals surface area contributed by atoms with Crippen LogP contribution in [0.1, 0.15) is 12.1 Å². The number of amides is 1. The second-order valence-electron chi connectivity index (χ2n) is 3.57. The molecule has 1 saturated heterocycles. The highest BCUT2D eigenvalue weighted by Crippen LogP contribution is 2.20. The van der Waals surface area contributed by atoms with E-state index in [0.717, 1.165) is 18.5 Å². The Hall–Kier alpha value is -1.10. The summed E-state index contributed by atoms with van der Waals surface area (Å²) in [5.41, 5.74) is 2.91. The topological polar surface area (TPSA) is 53.4 Å². The number of aromatic nitrogens is 1. The van der Waals surface area contributed by atoms with Crippen molar-refractivity contribution < 1.29 is 9.90 Å². The molecular weight excluding hydrogens is 200 g/mol. The Morgan fingerprint density at radius 3 is 3.21 bits per heavy atom. The standard InChI is InChI=1S/C9H12N2O2S/c12-9(13)11-2-1-7(4-11)3-8-5-14-6-10-8/h5-7H,1-4H2,(H,12,13). The summed E-state index contributed by atoms with van der Waals surface area (Å²) in [7, 11) is 0. The van der Waals surface area contributed by atoms with Gasteiger partial charge in [-0.05, 0) is 18.8 Å². The molecular formula is C9H12N2O2S. The smallest absolute Gasteiger partial charge is 0.407 e. The summed E-state index contributed by atoms with van der Waals surface area (Å²) in [4.78, 5) is 16.3. The number of nitrogens with zero attached hydrogens (tertiary/aromatic N) is 2. The normalized spacial score (nSPS) is 21.4. The highest BCUT2D eigenvalue weighted by Gasteiger charge is 2.26. The molecule has 14 heavy (non-hydrogen) atoms. The second-order valence-corrected chi connectivity index (χ2v) is 4.29. The Morgan fingerprint density at radius 1 is 1.79 bits per heavy atom. The SMILES string of the molecule is O=C(O)N1CCC(Cc2cscn2)C1. The summed E-state index contributed by atoms with van der Waals surface area (Å²) in [6.07, 6.45) is 1.07. The van der Waals surface area contributed by atoms with E-state index in [-0.39, 0.29) is 0 Å². The molecule has 1 aliphatic rings. The molecule has 5 heteroatoms. The van der Waals surface area contributed by atoms with Gasteiger partial charge in [-0.3, -0.25) is 0 Å². The van der Waals surface area contributed by atoms with Crippen LogP contribution in [0.25, 0.3) is 0 Å². The van der Waals surface area contributed by atoms with Crippen molar-refractivity contribution in [2.45, 2.75) is 12.8 Å². The minimum Gasteiger partial charge on any atom is -0.465 e. The summed E-state index contributed by atoms with van der Waals surface area (Å²) in [5.74, 6) is 0.452. The molecule has 2 heterocycles. The molecule has 4 nitrogen and oxygen atoms in total. The monoisotopic (exact) mass is 212 g/mol. The zero-order valence-electron chi connectivity index (χ0n) is 7.72. The quantitative estimate of drug-likeness (QED) is 0.811. The van der Waals surface area contributed by atoms with Crippen LogP contribution in [0.15, 0.2) is 10.9 Å². The number of thiazole rings is 1. The molecule has 1 atom stereocenters. The highest BCUT2D eigenvalue weighted by molar-refractivity contribution is 7.07. The van der Waals surface area contributed by atoms with Crippen molar-refractivity contribution in [1.29, 1.82) is 0 Å². The van der Waals surface area contributed by atoms with E-state index in [0.29, 0.717) is 19.0 Å². The second kappa shape index (κ2) is 3.96. The van der Waals surface area contributed by atoms with Crippen LogP contribution < -0.4 is 0 Å². The van der Waals surface area contributed by atoms with Gasteiger partial charge >= 0.3 is 6.09 Å². The van der Waals surface area contributed by atoms with Crippen LogP contribution in [0.3, 0.4) is 0 Å². The van der Waals surface area contributed by atoms with Gasteiger partial charge in [0.05, 0.1) is 11.2 Å². The van der Waals surface area contributed by atoms with Gasteiger partial charge in [0.1, 0.15) is 0 Å². The third-order valence-electron chi connectivity index (χ3n) is 2.54. The molecule has 1 aromatic heterocycles. The first-order valence-corrected chi connectivity index (χ1v) is 5.55. The molecule has 0 aliphatic carbocycles. The van der Waals surface area contributed by atoms with Crippen LogP contribution in [0.5, 0.6) is 0 Å². The summed E-state index contributed by atoms with van der Waals surface area (Å²) in [6, 6.07) is 0. The first kappa shape index (κ1) is 9.45. The van der Waals surface area contributed by atoms with E-state index in [4.69, 9.17) is 5.11 Å². The van der Waals surface area contributed by atoms with E-state index in [9.17, 15) is 4.79 Å². The molecule has 2 rings (SSSR count). The van der Waals surface area contributed by atoms with Gasteiger partial charge in [0, 0.05) is 18.5 Å². The molecule has 1 aromatic rings. The van der Waals surface area contributed by atoms with E-state index in [1.807, 2.05) is 10.9 Å². The predicted molar refractivity (Wildman–Crippen MR) is 53.5 cm³/mol. The molecule has 1 unspecified atom stereocenters. The first-order valence-electron chi connectivity index (χ1n) is 4.60. The Balaban J connectivity index is 1.87. The largest absolute Gasteiger partial charge is 0.465 e. The van der Waals surface area contributed by atoms with Crippen molar-refractivity contribution in [2.24, 2.45) is 5.92 Å². The molecule has 76 valence electrons. The predicted octanol–water partition coefficient (Wildman–Crippen LogP) is 1.69. The lowest BCUT2D eigenvalue weighted by atomic mass is 10.0. The molecule has 0 bridgehead atoms. The van der Waals surface area contributed by atoms with Gasteiger partial charge in [-0.15, -0.1) is 11.3 Å². The zero-order chi connectivity index (χ0) is 9.97. The Morgan fingerprint density at radius 2 is 2.64 bits per heavy atom. The van der Waals surface area contributed by atoms with Crippen LogP contribution in [-0.2, 0) is 6.42 Å². The maximum atomic E-state index is 10.7. The van der Waals surface area contributed by atoms with Crippen LogP contribution in [0, 0.1) is 5.92 Å². The van der Waals surface area contributed by atoms with Crippen LogP contribution in [0.2, 0.25) is 0 Å². The number of carbonyl (C=O) groups is 1. The summed E-state index contributed by atoms with van der Waals surface area (Å²) >= 11 is 1.59. The minimum absolute atomic E-state index is 0.452. The number of likely N-dealkylation sites (tertiary alicyclic amines) is 1. The average molecular weight is 212 g/mol. The van der Waals surface area contributed by atoms with Gasteiger partial charge in [0.2, 0.25) is 0 Å². The average Bonchev–Trinajstić information content (AvgIpc) is 2.75. The Bertz CT molecular complexity index is 313. The van der Waals surface area contributed by atoms with Gasteiger partial charge in [-0.25, -0.2) is 9.78 Å². The van der Waals surface area contributed by atoms with E-state index >= 15 is 0 Å². The minimum atomic E-state index is -0.800.